The van der Waals surface area contributed by atoms with Crippen LogP contribution in [0.5, 0.6) is 0 Å². The zero-order chi connectivity index (χ0) is 7.28. The lowest BCUT2D eigenvalue weighted by atomic mass is 10.4. The summed E-state index contributed by atoms with van der Waals surface area (Å²) in [5, 5.41) is 8.12. The highest BCUT2D eigenvalue weighted by atomic mass is 16.5. The van der Waals surface area contributed by atoms with Crippen LogP contribution in [0.1, 0.15) is 6.92 Å². The summed E-state index contributed by atoms with van der Waals surface area (Å²) in [5.74, 6) is -0.566. The number of rotatable bonds is 2. The van der Waals surface area contributed by atoms with Gasteiger partial charge in [0.05, 0.1) is 0 Å². The van der Waals surface area contributed by atoms with Gasteiger partial charge in [0.15, 0.2) is 6.10 Å². The van der Waals surface area contributed by atoms with E-state index in [0.717, 1.165) is 6.08 Å². The summed E-state index contributed by atoms with van der Waals surface area (Å²) in [5.41, 5.74) is 0. The van der Waals surface area contributed by atoms with E-state index in [1.54, 1.807) is 6.07 Å². The Labute approximate surface area is 53.5 Å². The number of hydrogen-bond donors (Lipinski definition) is 0. The highest BCUT2D eigenvalue weighted by molar-refractivity contribution is 5.81. The van der Waals surface area contributed by atoms with Crippen LogP contribution in [0, 0.1) is 11.3 Å². The molecule has 0 spiro atoms. The van der Waals surface area contributed by atoms with E-state index in [-0.39, 0.29) is 0 Å². The molecule has 0 aromatic heterocycles. The van der Waals surface area contributed by atoms with Gasteiger partial charge in [-0.3, -0.25) is 0 Å². The third-order valence-electron chi connectivity index (χ3n) is 0.641. The monoisotopic (exact) mass is 125 g/mol. The van der Waals surface area contributed by atoms with Crippen molar-refractivity contribution in [1.82, 2.24) is 0 Å². The van der Waals surface area contributed by atoms with Gasteiger partial charge < -0.3 is 4.74 Å². The van der Waals surface area contributed by atoms with Gasteiger partial charge in [-0.2, -0.15) is 5.26 Å². The summed E-state index contributed by atoms with van der Waals surface area (Å²) < 4.78 is 4.43. The Bertz CT molecular complexity index is 157. The Kier molecular flexibility index (Phi) is 3.14. The molecular formula is C6H7NO2. The third-order valence-corrected chi connectivity index (χ3v) is 0.641. The topological polar surface area (TPSA) is 50.1 Å². The van der Waals surface area contributed by atoms with E-state index in [1.807, 2.05) is 0 Å². The van der Waals surface area contributed by atoms with Crippen LogP contribution in [0.3, 0.4) is 0 Å². The van der Waals surface area contributed by atoms with Crippen LogP contribution in [0.15, 0.2) is 12.7 Å². The van der Waals surface area contributed by atoms with Gasteiger partial charge in [0.2, 0.25) is 0 Å². The first-order valence-electron chi connectivity index (χ1n) is 2.43. The molecule has 0 saturated carbocycles. The molecule has 0 saturated heterocycles. The fourth-order valence-corrected chi connectivity index (χ4v) is 0.249. The summed E-state index contributed by atoms with van der Waals surface area (Å²) in [6.07, 6.45) is 0.337. The van der Waals surface area contributed by atoms with Crippen LogP contribution >= 0.6 is 0 Å². The molecular weight excluding hydrogens is 118 g/mol. The molecule has 0 aromatic rings. The van der Waals surface area contributed by atoms with Crippen molar-refractivity contribution in [3.63, 3.8) is 0 Å². The molecule has 0 radical (unpaired) electrons. The summed E-state index contributed by atoms with van der Waals surface area (Å²) in [6.45, 7) is 4.65. The standard InChI is InChI=1S/C6H7NO2/c1-3-6(8)9-5(2)4-7/h3,5H,1H2,2H3/t5-/m0/s1. The first-order valence-corrected chi connectivity index (χ1v) is 2.43. The SMILES string of the molecule is C=CC(=O)O[C@@H](C)C#N. The van der Waals surface area contributed by atoms with Gasteiger partial charge in [0.25, 0.3) is 0 Å². The van der Waals surface area contributed by atoms with Crippen molar-refractivity contribution in [2.45, 2.75) is 13.0 Å². The van der Waals surface area contributed by atoms with Crippen molar-refractivity contribution in [3.05, 3.63) is 12.7 Å². The average Bonchev–Trinajstić information content (AvgIpc) is 1.87. The van der Waals surface area contributed by atoms with Crippen LogP contribution in [0.2, 0.25) is 0 Å². The Balaban J connectivity index is 3.62. The summed E-state index contributed by atoms with van der Waals surface area (Å²) in [6, 6.07) is 1.74. The van der Waals surface area contributed by atoms with Gasteiger partial charge in [-0.1, -0.05) is 6.58 Å². The number of nitrogens with zero attached hydrogens (tertiary/aromatic N) is 1. The van der Waals surface area contributed by atoms with Crippen molar-refractivity contribution >= 4 is 5.97 Å². The highest BCUT2D eigenvalue weighted by Gasteiger charge is 2.01. The molecule has 0 aromatic carbocycles. The van der Waals surface area contributed by atoms with E-state index in [4.69, 9.17) is 5.26 Å². The molecule has 0 bridgehead atoms. The van der Waals surface area contributed by atoms with E-state index in [1.165, 1.54) is 6.92 Å². The first kappa shape index (κ1) is 7.70. The van der Waals surface area contributed by atoms with Gasteiger partial charge in [-0.25, -0.2) is 4.79 Å². The van der Waals surface area contributed by atoms with Gasteiger partial charge in [-0.15, -0.1) is 0 Å². The maximum atomic E-state index is 10.3. The molecule has 1 atom stereocenters. The summed E-state index contributed by atoms with van der Waals surface area (Å²) >= 11 is 0. The van der Waals surface area contributed by atoms with E-state index in [0.29, 0.717) is 0 Å². The lowest BCUT2D eigenvalue weighted by Gasteiger charge is -1.99. The predicted molar refractivity (Wildman–Crippen MR) is 31.4 cm³/mol. The van der Waals surface area contributed by atoms with Crippen molar-refractivity contribution < 1.29 is 9.53 Å². The second-order valence-electron chi connectivity index (χ2n) is 1.41. The maximum Gasteiger partial charge on any atom is 0.331 e. The second-order valence-corrected chi connectivity index (χ2v) is 1.41. The van der Waals surface area contributed by atoms with Crippen molar-refractivity contribution in [2.75, 3.05) is 0 Å². The predicted octanol–water partition coefficient (Wildman–Crippen LogP) is 0.628. The molecule has 0 aliphatic heterocycles. The normalized spacial score (nSPS) is 11.1. The number of ether oxygens (including phenoxy) is 1. The van der Waals surface area contributed by atoms with E-state index < -0.39 is 12.1 Å². The van der Waals surface area contributed by atoms with Crippen LogP contribution in [0.25, 0.3) is 0 Å². The van der Waals surface area contributed by atoms with Crippen LogP contribution in [0.4, 0.5) is 0 Å². The minimum Gasteiger partial charge on any atom is -0.444 e. The smallest absolute Gasteiger partial charge is 0.331 e. The van der Waals surface area contributed by atoms with E-state index in [9.17, 15) is 4.79 Å². The Morgan fingerprint density at radius 2 is 2.56 bits per heavy atom. The average molecular weight is 125 g/mol. The van der Waals surface area contributed by atoms with E-state index >= 15 is 0 Å². The number of nitriles is 1. The molecule has 9 heavy (non-hydrogen) atoms. The van der Waals surface area contributed by atoms with Crippen LogP contribution < -0.4 is 0 Å². The fraction of sp³-hybridized carbons (Fsp3) is 0.333. The van der Waals surface area contributed by atoms with Crippen molar-refractivity contribution in [3.8, 4) is 6.07 Å². The molecule has 0 aliphatic carbocycles. The van der Waals surface area contributed by atoms with Crippen molar-refractivity contribution in [1.29, 1.82) is 5.26 Å². The number of carbonyl (C=O) groups is 1. The fourth-order valence-electron chi connectivity index (χ4n) is 0.249. The zero-order valence-electron chi connectivity index (χ0n) is 5.13. The molecule has 0 unspecified atom stereocenters. The molecule has 3 heteroatoms. The third kappa shape index (κ3) is 3.30. The lowest BCUT2D eigenvalue weighted by Crippen LogP contribution is -2.09. The molecule has 0 fully saturated rings. The van der Waals surface area contributed by atoms with Crippen LogP contribution in [-0.4, -0.2) is 12.1 Å². The lowest BCUT2D eigenvalue weighted by molar-refractivity contribution is -0.139. The second kappa shape index (κ2) is 3.67. The zero-order valence-corrected chi connectivity index (χ0v) is 5.13. The Morgan fingerprint density at radius 3 is 2.89 bits per heavy atom. The quantitative estimate of drug-likeness (QED) is 0.401. The molecule has 3 nitrogen and oxygen atoms in total. The Hall–Kier alpha value is -1.30. The molecule has 48 valence electrons. The number of hydrogen-bond acceptors (Lipinski definition) is 3. The first-order chi connectivity index (χ1) is 4.20. The van der Waals surface area contributed by atoms with Gasteiger partial charge in [0.1, 0.15) is 6.07 Å². The highest BCUT2D eigenvalue weighted by Crippen LogP contribution is 1.87. The minimum absolute atomic E-state index is 0.566. The Morgan fingerprint density at radius 1 is 2.00 bits per heavy atom. The molecule has 0 aliphatic rings. The number of carbonyl (C=O) groups excluding carboxylic acids is 1. The van der Waals surface area contributed by atoms with Gasteiger partial charge in [0, 0.05) is 6.08 Å². The van der Waals surface area contributed by atoms with Crippen molar-refractivity contribution in [2.24, 2.45) is 0 Å². The number of esters is 1. The van der Waals surface area contributed by atoms with Gasteiger partial charge >= 0.3 is 5.97 Å². The molecule has 0 rings (SSSR count). The van der Waals surface area contributed by atoms with E-state index in [2.05, 4.69) is 11.3 Å². The largest absolute Gasteiger partial charge is 0.444 e. The maximum absolute atomic E-state index is 10.3. The summed E-state index contributed by atoms with van der Waals surface area (Å²) in [7, 11) is 0. The summed E-state index contributed by atoms with van der Waals surface area (Å²) in [4.78, 5) is 10.3. The molecule has 0 N–H and O–H groups in total. The molecule has 0 heterocycles. The minimum atomic E-state index is -0.685. The van der Waals surface area contributed by atoms with Crippen LogP contribution in [-0.2, 0) is 9.53 Å². The molecule has 0 amide bonds. The van der Waals surface area contributed by atoms with Gasteiger partial charge in [-0.05, 0) is 6.92 Å².